The molecule has 0 saturated heterocycles. The van der Waals surface area contributed by atoms with E-state index < -0.39 is 47.0 Å². The van der Waals surface area contributed by atoms with Gasteiger partial charge in [0.05, 0.1) is 45.0 Å². The number of nitrogens with zero attached hydrogens (tertiary/aromatic N) is 2. The minimum Gasteiger partial charge on any atom is -0.354 e. The Bertz CT molecular complexity index is 4680. The summed E-state index contributed by atoms with van der Waals surface area (Å²) in [5.41, 5.74) is 14.9. The predicted molar refractivity (Wildman–Crippen MR) is 375 cm³/mol. The molecule has 11 aromatic rings. The smallest absolute Gasteiger partial charge is 0.354 e. The van der Waals surface area contributed by atoms with Crippen LogP contribution < -0.4 is 0 Å². The summed E-state index contributed by atoms with van der Waals surface area (Å²) in [6, 6.07) is 41.8. The average molecular weight is 1360 g/mol. The number of H-pyrrole nitrogens is 2. The highest BCUT2D eigenvalue weighted by molar-refractivity contribution is 6.16. The number of hydrogen-bond donors (Lipinski definition) is 2. The molecule has 8 aromatic carbocycles. The molecule has 13 rings (SSSR count). The molecule has 16 heteroatoms. The van der Waals surface area contributed by atoms with Crippen molar-refractivity contribution in [2.24, 2.45) is 0 Å². The van der Waals surface area contributed by atoms with Crippen molar-refractivity contribution in [1.29, 1.82) is 0 Å². The second-order valence-electron chi connectivity index (χ2n) is 26.6. The molecule has 0 radical (unpaired) electrons. The summed E-state index contributed by atoms with van der Waals surface area (Å²) in [5.74, 6) is 0. The summed E-state index contributed by atoms with van der Waals surface area (Å²) in [7, 11) is 0. The molecule has 2 aliphatic rings. The van der Waals surface area contributed by atoms with E-state index in [1.165, 1.54) is 48.5 Å². The summed E-state index contributed by atoms with van der Waals surface area (Å²) >= 11 is 0. The van der Waals surface area contributed by atoms with Crippen molar-refractivity contribution >= 4 is 44.4 Å². The van der Waals surface area contributed by atoms with Crippen LogP contribution in [0, 0.1) is 83.1 Å². The van der Waals surface area contributed by atoms with Crippen LogP contribution in [-0.2, 0) is 24.7 Å². The van der Waals surface area contributed by atoms with Gasteiger partial charge >= 0.3 is 24.7 Å². The molecular weight excluding hydrogens is 1290 g/mol. The van der Waals surface area contributed by atoms with E-state index in [0.717, 1.165) is 115 Å². The van der Waals surface area contributed by atoms with E-state index in [0.29, 0.717) is 66.6 Å². The van der Waals surface area contributed by atoms with E-state index in [2.05, 4.69) is 9.97 Å². The molecule has 0 saturated carbocycles. The van der Waals surface area contributed by atoms with Crippen molar-refractivity contribution in [1.82, 2.24) is 19.9 Å². The number of benzene rings is 8. The van der Waals surface area contributed by atoms with Crippen molar-refractivity contribution in [3.05, 3.63) is 304 Å². The molecule has 0 fully saturated rings. The van der Waals surface area contributed by atoms with E-state index in [9.17, 15) is 52.7 Å². The lowest BCUT2D eigenvalue weighted by atomic mass is 9.84. The molecule has 0 spiro atoms. The van der Waals surface area contributed by atoms with Crippen molar-refractivity contribution in [3.8, 4) is 44.5 Å². The van der Waals surface area contributed by atoms with Gasteiger partial charge in [-0.1, -0.05) is 119 Å². The van der Waals surface area contributed by atoms with Crippen LogP contribution in [0.15, 0.2) is 170 Å². The largest absolute Gasteiger partial charge is 0.416 e. The molecule has 0 amide bonds. The molecule has 8 bridgehead atoms. The number of aromatic amines is 2. The van der Waals surface area contributed by atoms with E-state index >= 15 is 0 Å². The third-order valence-electron chi connectivity index (χ3n) is 19.0. The fraction of sp³-hybridized carbons (Fsp3) is 0.190. The summed E-state index contributed by atoms with van der Waals surface area (Å²) in [6.07, 6.45) is -19.1. The van der Waals surface area contributed by atoms with Gasteiger partial charge in [0.1, 0.15) is 0 Å². The lowest BCUT2D eigenvalue weighted by Gasteiger charge is -2.18. The van der Waals surface area contributed by atoms with Crippen LogP contribution in [0.5, 0.6) is 0 Å². The summed E-state index contributed by atoms with van der Waals surface area (Å²) in [5, 5.41) is 0. The standard InChI is InChI=1S/C84H66F12N4/c1-41-33-45(5)65(46(6)34-41)73-61-29-30-62(97-61)74(66-47(7)35-42(2)36-48(66)8)79-71(55-17-25-59(26-18-55)83(91,92)93)72(56-19-27-60(28-20-56)84(94,95)96)80(100-79)76(68-51(11)39-44(4)40-52(68)12)64-32-31-63(98-64)75(67-49(9)37-43(3)38-50(67)10)78-70(54-15-23-58(24-16-54)82(88,89)90)69(77(73)99-78)53-13-21-57(22-14-53)81(85,86)87/h13-40,97-98H,1-12H3. The second-order valence-corrected chi connectivity index (χ2v) is 26.6. The molecule has 3 aromatic heterocycles. The molecular formula is C84H66F12N4. The average Bonchev–Trinajstić information content (AvgIpc) is 1.57. The Morgan fingerprint density at radius 3 is 0.530 bits per heavy atom. The van der Waals surface area contributed by atoms with E-state index in [4.69, 9.17) is 9.97 Å². The molecule has 2 N–H and O–H groups in total. The highest BCUT2D eigenvalue weighted by atomic mass is 19.4. The fourth-order valence-corrected chi connectivity index (χ4v) is 15.3. The quantitative estimate of drug-likeness (QED) is 0.149. The molecule has 0 aliphatic carbocycles. The molecule has 506 valence electrons. The monoisotopic (exact) mass is 1360 g/mol. The number of aromatic nitrogens is 4. The van der Waals surface area contributed by atoms with Crippen molar-refractivity contribution < 1.29 is 52.7 Å². The highest BCUT2D eigenvalue weighted by Gasteiger charge is 2.39. The van der Waals surface area contributed by atoms with Crippen LogP contribution in [0.2, 0.25) is 0 Å². The van der Waals surface area contributed by atoms with Crippen LogP contribution in [0.25, 0.3) is 88.9 Å². The highest BCUT2D eigenvalue weighted by Crippen LogP contribution is 2.54. The zero-order chi connectivity index (χ0) is 71.7. The van der Waals surface area contributed by atoms with E-state index in [1.807, 2.05) is 156 Å². The Kier molecular flexibility index (Phi) is 16.8. The Hall–Kier alpha value is -10.5. The van der Waals surface area contributed by atoms with Gasteiger partial charge in [-0.15, -0.1) is 0 Å². The van der Waals surface area contributed by atoms with Gasteiger partial charge in [0.15, 0.2) is 0 Å². The van der Waals surface area contributed by atoms with Crippen molar-refractivity contribution in [2.75, 3.05) is 0 Å². The van der Waals surface area contributed by atoms with Crippen molar-refractivity contribution in [2.45, 2.75) is 108 Å². The van der Waals surface area contributed by atoms with Crippen molar-refractivity contribution in [3.63, 3.8) is 0 Å². The maximum absolute atomic E-state index is 14.9. The van der Waals surface area contributed by atoms with Gasteiger partial charge in [-0.05, 0) is 245 Å². The second kappa shape index (κ2) is 24.7. The third kappa shape index (κ3) is 12.2. The lowest BCUT2D eigenvalue weighted by Crippen LogP contribution is -2.05. The number of halogens is 12. The Balaban J connectivity index is 1.39. The van der Waals surface area contributed by atoms with Gasteiger partial charge in [0.2, 0.25) is 0 Å². The minimum atomic E-state index is -4.77. The molecule has 2 aliphatic heterocycles. The lowest BCUT2D eigenvalue weighted by molar-refractivity contribution is -0.138. The zero-order valence-corrected chi connectivity index (χ0v) is 56.6. The molecule has 4 nitrogen and oxygen atoms in total. The number of nitrogens with one attached hydrogen (secondary N) is 2. The maximum atomic E-state index is 14.9. The van der Waals surface area contributed by atoms with Crippen LogP contribution in [0.3, 0.4) is 0 Å². The van der Waals surface area contributed by atoms with Gasteiger partial charge in [-0.3, -0.25) is 0 Å². The van der Waals surface area contributed by atoms with E-state index in [-0.39, 0.29) is 67.3 Å². The topological polar surface area (TPSA) is 57.4 Å². The molecule has 0 unspecified atom stereocenters. The first-order chi connectivity index (χ1) is 47.0. The van der Waals surface area contributed by atoms with Crippen LogP contribution in [0.1, 0.15) is 134 Å². The Morgan fingerprint density at radius 2 is 0.380 bits per heavy atom. The normalized spacial score (nSPS) is 13.1. The fourth-order valence-electron chi connectivity index (χ4n) is 15.3. The molecule has 0 atom stereocenters. The number of alkyl halides is 12. The van der Waals surface area contributed by atoms with Gasteiger partial charge < -0.3 is 9.97 Å². The summed E-state index contributed by atoms with van der Waals surface area (Å²) < 4.78 is 178. The van der Waals surface area contributed by atoms with Gasteiger partial charge in [0, 0.05) is 66.6 Å². The first-order valence-electron chi connectivity index (χ1n) is 32.4. The number of aryl methyl sites for hydroxylation is 12. The van der Waals surface area contributed by atoms with Gasteiger partial charge in [0.25, 0.3) is 0 Å². The Labute approximate surface area is 570 Å². The van der Waals surface area contributed by atoms with Gasteiger partial charge in [-0.2, -0.15) is 52.7 Å². The predicted octanol–water partition coefficient (Wildman–Crippen LogP) is 24.8. The Morgan fingerprint density at radius 1 is 0.220 bits per heavy atom. The molecule has 100 heavy (non-hydrogen) atoms. The number of fused-ring (bicyclic) bond motifs is 8. The number of rotatable bonds is 8. The third-order valence-corrected chi connectivity index (χ3v) is 19.0. The first kappa shape index (κ1) is 68.1. The van der Waals surface area contributed by atoms with Gasteiger partial charge in [-0.25, -0.2) is 9.97 Å². The molecule has 5 heterocycles. The van der Waals surface area contributed by atoms with Crippen LogP contribution >= 0.6 is 0 Å². The van der Waals surface area contributed by atoms with Crippen LogP contribution in [0.4, 0.5) is 52.7 Å². The van der Waals surface area contributed by atoms with E-state index in [1.54, 1.807) is 0 Å². The maximum Gasteiger partial charge on any atom is 0.416 e. The first-order valence-corrected chi connectivity index (χ1v) is 32.4. The summed E-state index contributed by atoms with van der Waals surface area (Å²) in [6.45, 7) is 23.2. The zero-order valence-electron chi connectivity index (χ0n) is 56.6. The number of hydrogen-bond acceptors (Lipinski definition) is 2. The van der Waals surface area contributed by atoms with Crippen LogP contribution in [-0.4, -0.2) is 19.9 Å². The summed E-state index contributed by atoms with van der Waals surface area (Å²) in [4.78, 5) is 19.4. The SMILES string of the molecule is Cc1cc(C)c(-c2c3nc(c(-c4c(C)cc(C)cc4C)c4ccc([nH]4)c(-c4c(C)cc(C)cc4C)c4nc(c(-c5c(C)cc(C)cc5C)c5ccc2[nH]5)C(c2ccc(C(F)(F)F)cc2)=C4c2ccc(C(F)(F)F)cc2)C(c2ccc(C(F)(F)F)cc2)=C3c2ccc(C(F)(F)F)cc2)c(C)c1. The minimum absolute atomic E-state index is 0.234.